The molecule has 0 spiro atoms. The van der Waals surface area contributed by atoms with Gasteiger partial charge in [0.15, 0.2) is 0 Å². The normalized spacial score (nSPS) is 11.8. The van der Waals surface area contributed by atoms with Gasteiger partial charge in [0.1, 0.15) is 0 Å². The lowest BCUT2D eigenvalue weighted by molar-refractivity contribution is -0.124. The maximum absolute atomic E-state index is 11.5. The van der Waals surface area contributed by atoms with Crippen LogP contribution in [0.1, 0.15) is 48.0 Å². The number of carbonyl (C=O) groups excluding carboxylic acids is 2. The van der Waals surface area contributed by atoms with Crippen molar-refractivity contribution in [3.63, 3.8) is 0 Å². The highest BCUT2D eigenvalue weighted by Crippen LogP contribution is 2.32. The molecule has 0 atom stereocenters. The highest BCUT2D eigenvalue weighted by molar-refractivity contribution is 5.81. The Balaban J connectivity index is 4.24. The Morgan fingerprint density at radius 3 is 1.95 bits per heavy atom. The van der Waals surface area contributed by atoms with Gasteiger partial charge in [0.2, 0.25) is 5.91 Å². The minimum atomic E-state index is -0.846. The molecule has 0 aromatic heterocycles. The third-order valence-corrected chi connectivity index (χ3v) is 2.84. The molecular formula is C14H28N4O3. The van der Waals surface area contributed by atoms with Crippen molar-refractivity contribution in [2.75, 3.05) is 0 Å². The Labute approximate surface area is 126 Å². The van der Waals surface area contributed by atoms with E-state index in [0.717, 1.165) is 0 Å². The van der Waals surface area contributed by atoms with Gasteiger partial charge in [-0.2, -0.15) is 0 Å². The summed E-state index contributed by atoms with van der Waals surface area (Å²) in [6.07, 6.45) is 0.471. The Bertz CT molecular complexity index is 398. The Morgan fingerprint density at radius 1 is 1.05 bits per heavy atom. The summed E-state index contributed by atoms with van der Waals surface area (Å²) in [5.41, 5.74) is 8.82. The summed E-state index contributed by atoms with van der Waals surface area (Å²) in [5.74, 6) is -0.509. The molecule has 0 bridgehead atoms. The fourth-order valence-corrected chi connectivity index (χ4v) is 1.78. The van der Waals surface area contributed by atoms with E-state index < -0.39 is 17.0 Å². The number of amides is 3. The van der Waals surface area contributed by atoms with Crippen LogP contribution in [0, 0.1) is 11.3 Å². The minimum absolute atomic E-state index is 0.223. The van der Waals surface area contributed by atoms with E-state index in [9.17, 15) is 14.7 Å². The molecule has 0 saturated carbocycles. The molecule has 0 fully saturated rings. The topological polar surface area (TPSA) is 102 Å². The number of allylic oxidation sites excluding steroid dienone is 1. The predicted octanol–water partition coefficient (Wildman–Crippen LogP) is 1.18. The van der Waals surface area contributed by atoms with E-state index >= 15 is 0 Å². The van der Waals surface area contributed by atoms with Gasteiger partial charge in [-0.1, -0.05) is 34.3 Å². The largest absolute Gasteiger partial charge is 0.390 e. The number of urea groups is 1. The van der Waals surface area contributed by atoms with Crippen molar-refractivity contribution in [1.29, 1.82) is 0 Å². The van der Waals surface area contributed by atoms with E-state index in [1.165, 1.54) is 0 Å². The average molecular weight is 300 g/mol. The fourth-order valence-electron chi connectivity index (χ4n) is 1.78. The van der Waals surface area contributed by atoms with Crippen molar-refractivity contribution < 1.29 is 14.7 Å². The lowest BCUT2D eigenvalue weighted by Crippen LogP contribution is -2.52. The summed E-state index contributed by atoms with van der Waals surface area (Å²) in [6, 6.07) is -0.607. The van der Waals surface area contributed by atoms with Gasteiger partial charge in [-0.25, -0.2) is 10.2 Å². The van der Waals surface area contributed by atoms with Crippen molar-refractivity contribution in [2.45, 2.75) is 53.6 Å². The molecule has 0 aromatic carbocycles. The maximum atomic E-state index is 11.5. The van der Waals surface area contributed by atoms with Crippen LogP contribution in [0.3, 0.4) is 0 Å². The van der Waals surface area contributed by atoms with Gasteiger partial charge >= 0.3 is 6.03 Å². The second-order valence-electron chi connectivity index (χ2n) is 6.70. The Morgan fingerprint density at radius 2 is 1.52 bits per heavy atom. The number of hydrogen-bond donors (Lipinski definition) is 5. The van der Waals surface area contributed by atoms with Crippen LogP contribution in [-0.4, -0.2) is 22.6 Å². The maximum Gasteiger partial charge on any atom is 0.352 e. The third kappa shape index (κ3) is 8.19. The van der Waals surface area contributed by atoms with Crippen molar-refractivity contribution >= 4 is 11.9 Å². The number of hydrogen-bond acceptors (Lipinski definition) is 4. The minimum Gasteiger partial charge on any atom is -0.390 e. The smallest absolute Gasteiger partial charge is 0.352 e. The van der Waals surface area contributed by atoms with Gasteiger partial charge in [0.25, 0.3) is 0 Å². The second-order valence-corrected chi connectivity index (χ2v) is 6.70. The van der Waals surface area contributed by atoms with Crippen LogP contribution in [0.5, 0.6) is 0 Å². The first-order valence-corrected chi connectivity index (χ1v) is 6.89. The van der Waals surface area contributed by atoms with Crippen molar-refractivity contribution in [3.05, 3.63) is 12.3 Å². The lowest BCUT2D eigenvalue weighted by atomic mass is 9.80. The van der Waals surface area contributed by atoms with E-state index in [1.54, 1.807) is 27.7 Å². The lowest BCUT2D eigenvalue weighted by Gasteiger charge is -2.33. The first kappa shape index (κ1) is 19.2. The van der Waals surface area contributed by atoms with Crippen LogP contribution in [0.2, 0.25) is 0 Å². The summed E-state index contributed by atoms with van der Waals surface area (Å²) in [5, 5.41) is 9.86. The van der Waals surface area contributed by atoms with Crippen LogP contribution in [0.15, 0.2) is 12.3 Å². The van der Waals surface area contributed by atoms with Gasteiger partial charge in [0, 0.05) is 17.0 Å². The molecule has 0 aliphatic carbocycles. The SMILES string of the molecule is C=C(NNC(=O)NNC(=O)C(C)C)C(C)(C)CC(C)(C)O. The molecule has 122 valence electrons. The van der Waals surface area contributed by atoms with Crippen LogP contribution < -0.4 is 21.7 Å². The molecule has 0 heterocycles. The molecule has 0 unspecified atom stereocenters. The van der Waals surface area contributed by atoms with Crippen molar-refractivity contribution in [2.24, 2.45) is 11.3 Å². The molecule has 0 aromatic rings. The van der Waals surface area contributed by atoms with Crippen LogP contribution in [-0.2, 0) is 4.79 Å². The molecule has 7 nitrogen and oxygen atoms in total. The van der Waals surface area contributed by atoms with Crippen molar-refractivity contribution in [1.82, 2.24) is 21.7 Å². The number of carbonyl (C=O) groups is 2. The van der Waals surface area contributed by atoms with Gasteiger partial charge in [-0.05, 0) is 20.3 Å². The average Bonchev–Trinajstić information content (AvgIpc) is 2.29. The van der Waals surface area contributed by atoms with Crippen LogP contribution in [0.4, 0.5) is 4.79 Å². The molecule has 3 amide bonds. The molecule has 7 heteroatoms. The third-order valence-electron chi connectivity index (χ3n) is 2.84. The van der Waals surface area contributed by atoms with Gasteiger partial charge in [-0.15, -0.1) is 0 Å². The Hall–Kier alpha value is -1.76. The quantitative estimate of drug-likeness (QED) is 0.475. The predicted molar refractivity (Wildman–Crippen MR) is 81.6 cm³/mol. The van der Waals surface area contributed by atoms with E-state index in [4.69, 9.17) is 0 Å². The monoisotopic (exact) mass is 300 g/mol. The standard InChI is InChI=1S/C14H28N4O3/c1-9(2)11(19)16-18-12(20)17-15-10(3)13(4,5)8-14(6,7)21/h9,15,21H,3,8H2,1-2,4-7H3,(H,16,19)(H2,17,18,20). The molecular weight excluding hydrogens is 272 g/mol. The Kier molecular flexibility index (Phi) is 6.69. The second kappa shape index (κ2) is 7.31. The number of aliphatic hydroxyl groups is 1. The van der Waals surface area contributed by atoms with Crippen LogP contribution >= 0.6 is 0 Å². The first-order valence-electron chi connectivity index (χ1n) is 6.89. The van der Waals surface area contributed by atoms with E-state index in [2.05, 4.69) is 28.3 Å². The summed E-state index contributed by atoms with van der Waals surface area (Å²) in [4.78, 5) is 22.8. The first-order chi connectivity index (χ1) is 9.35. The molecule has 21 heavy (non-hydrogen) atoms. The van der Waals surface area contributed by atoms with E-state index in [-0.39, 0.29) is 11.8 Å². The van der Waals surface area contributed by atoms with Gasteiger partial charge in [-0.3, -0.25) is 15.6 Å². The zero-order chi connectivity index (χ0) is 16.8. The molecule has 0 aliphatic rings. The number of hydrazine groups is 2. The highest BCUT2D eigenvalue weighted by atomic mass is 16.3. The van der Waals surface area contributed by atoms with Crippen molar-refractivity contribution in [3.8, 4) is 0 Å². The van der Waals surface area contributed by atoms with Crippen LogP contribution in [0.25, 0.3) is 0 Å². The fraction of sp³-hybridized carbons (Fsp3) is 0.714. The number of rotatable bonds is 6. The summed E-state index contributed by atoms with van der Waals surface area (Å²) in [6.45, 7) is 14.5. The molecule has 5 N–H and O–H groups in total. The zero-order valence-corrected chi connectivity index (χ0v) is 13.8. The zero-order valence-electron chi connectivity index (χ0n) is 13.8. The molecule has 0 rings (SSSR count). The summed E-state index contributed by atoms with van der Waals surface area (Å²) < 4.78 is 0. The molecule has 0 aliphatic heterocycles. The van der Waals surface area contributed by atoms with Gasteiger partial charge in [0.05, 0.1) is 5.60 Å². The summed E-state index contributed by atoms with van der Waals surface area (Å²) in [7, 11) is 0. The highest BCUT2D eigenvalue weighted by Gasteiger charge is 2.29. The molecule has 0 saturated heterocycles. The summed E-state index contributed by atoms with van der Waals surface area (Å²) >= 11 is 0. The molecule has 0 radical (unpaired) electrons. The van der Waals surface area contributed by atoms with E-state index in [0.29, 0.717) is 12.1 Å². The number of nitrogens with one attached hydrogen (secondary N) is 4. The van der Waals surface area contributed by atoms with Gasteiger partial charge < -0.3 is 10.5 Å². The van der Waals surface area contributed by atoms with E-state index in [1.807, 2.05) is 13.8 Å².